The molecule has 0 unspecified atom stereocenters. The van der Waals surface area contributed by atoms with E-state index in [-0.39, 0.29) is 0 Å². The van der Waals surface area contributed by atoms with E-state index in [4.69, 9.17) is 9.47 Å². The van der Waals surface area contributed by atoms with Crippen LogP contribution < -0.4 is 4.74 Å². The van der Waals surface area contributed by atoms with E-state index in [0.717, 1.165) is 22.3 Å². The quantitative estimate of drug-likeness (QED) is 0.631. The Morgan fingerprint density at radius 2 is 1.74 bits per heavy atom. The smallest absolute Gasteiger partial charge is 0.134 e. The number of ether oxygens (including phenoxy) is 2. The van der Waals surface area contributed by atoms with Gasteiger partial charge in [0.05, 0.1) is 6.61 Å². The van der Waals surface area contributed by atoms with Crippen molar-refractivity contribution in [3.05, 3.63) is 72.1 Å². The van der Waals surface area contributed by atoms with E-state index in [2.05, 4.69) is 41.4 Å². The van der Waals surface area contributed by atoms with Crippen molar-refractivity contribution >= 4 is 22.9 Å². The molecular weight excluding hydrogens is 286 g/mol. The molecule has 0 radical (unpaired) electrons. The van der Waals surface area contributed by atoms with E-state index in [1.807, 2.05) is 24.3 Å². The van der Waals surface area contributed by atoms with Gasteiger partial charge in [0.2, 0.25) is 0 Å². The molecular formula is C20H19NO2. The number of nitrogens with zero attached hydrogens (tertiary/aromatic N) is 1. The summed E-state index contributed by atoms with van der Waals surface area (Å²) in [6.45, 7) is 1.09. The Kier molecular flexibility index (Phi) is 5.02. The van der Waals surface area contributed by atoms with Crippen LogP contribution in [0, 0.1) is 0 Å². The standard InChI is InChI=1S/C20H19NO2/c1-22-14-15-23-20-18(7-6-16-10-12-21-13-11-16)9-8-17-4-2-3-5-19(17)20/h2-13H,14-15H2,1H3/b7-6+. The predicted molar refractivity (Wildman–Crippen MR) is 94.5 cm³/mol. The highest BCUT2D eigenvalue weighted by Gasteiger charge is 2.07. The van der Waals surface area contributed by atoms with Gasteiger partial charge >= 0.3 is 0 Å². The summed E-state index contributed by atoms with van der Waals surface area (Å²) in [7, 11) is 1.68. The lowest BCUT2D eigenvalue weighted by Gasteiger charge is -2.12. The monoisotopic (exact) mass is 305 g/mol. The zero-order chi connectivity index (χ0) is 15.9. The number of hydrogen-bond donors (Lipinski definition) is 0. The number of pyridine rings is 1. The fourth-order valence-corrected chi connectivity index (χ4v) is 2.44. The SMILES string of the molecule is COCCOc1c(/C=C/c2ccncc2)ccc2ccccc12. The second-order valence-corrected chi connectivity index (χ2v) is 5.16. The third-order valence-electron chi connectivity index (χ3n) is 3.61. The van der Waals surface area contributed by atoms with Crippen molar-refractivity contribution in [2.24, 2.45) is 0 Å². The molecule has 0 aliphatic rings. The summed E-state index contributed by atoms with van der Waals surface area (Å²) in [4.78, 5) is 4.04. The van der Waals surface area contributed by atoms with E-state index in [0.29, 0.717) is 13.2 Å². The first kappa shape index (κ1) is 15.3. The lowest BCUT2D eigenvalue weighted by molar-refractivity contribution is 0.147. The Balaban J connectivity index is 1.97. The van der Waals surface area contributed by atoms with Crippen LogP contribution in [0.2, 0.25) is 0 Å². The van der Waals surface area contributed by atoms with Crippen molar-refractivity contribution in [2.45, 2.75) is 0 Å². The van der Waals surface area contributed by atoms with Gasteiger partial charge in [0, 0.05) is 30.5 Å². The molecule has 0 N–H and O–H groups in total. The molecule has 3 nitrogen and oxygen atoms in total. The Morgan fingerprint density at radius 1 is 0.913 bits per heavy atom. The minimum Gasteiger partial charge on any atom is -0.490 e. The van der Waals surface area contributed by atoms with Crippen LogP contribution in [0.15, 0.2) is 60.9 Å². The Labute approximate surface area is 136 Å². The van der Waals surface area contributed by atoms with E-state index in [1.54, 1.807) is 19.5 Å². The first-order chi connectivity index (χ1) is 11.4. The summed E-state index contributed by atoms with van der Waals surface area (Å²) in [6.07, 6.45) is 7.71. The van der Waals surface area contributed by atoms with Crippen LogP contribution in [0.1, 0.15) is 11.1 Å². The van der Waals surface area contributed by atoms with Crippen molar-refractivity contribution in [1.29, 1.82) is 0 Å². The summed E-state index contributed by atoms with van der Waals surface area (Å²) < 4.78 is 11.1. The molecule has 116 valence electrons. The number of benzene rings is 2. The summed E-state index contributed by atoms with van der Waals surface area (Å²) in [5.41, 5.74) is 2.16. The van der Waals surface area contributed by atoms with Crippen LogP contribution in [0.4, 0.5) is 0 Å². The van der Waals surface area contributed by atoms with Crippen molar-refractivity contribution in [3.8, 4) is 5.75 Å². The minimum absolute atomic E-state index is 0.528. The summed E-state index contributed by atoms with van der Waals surface area (Å²) in [5.74, 6) is 0.894. The van der Waals surface area contributed by atoms with Crippen molar-refractivity contribution in [3.63, 3.8) is 0 Å². The Morgan fingerprint density at radius 3 is 2.57 bits per heavy atom. The van der Waals surface area contributed by atoms with Gasteiger partial charge in [0.1, 0.15) is 12.4 Å². The fraction of sp³-hybridized carbons (Fsp3) is 0.150. The first-order valence-electron chi connectivity index (χ1n) is 7.60. The number of rotatable bonds is 6. The van der Waals surface area contributed by atoms with Crippen LogP contribution in [0.5, 0.6) is 5.75 Å². The highest BCUT2D eigenvalue weighted by atomic mass is 16.5. The molecule has 1 aromatic heterocycles. The molecule has 2 aromatic carbocycles. The fourth-order valence-electron chi connectivity index (χ4n) is 2.44. The van der Waals surface area contributed by atoms with E-state index < -0.39 is 0 Å². The highest BCUT2D eigenvalue weighted by Crippen LogP contribution is 2.31. The van der Waals surface area contributed by atoms with Gasteiger partial charge in [-0.1, -0.05) is 48.6 Å². The van der Waals surface area contributed by atoms with Crippen molar-refractivity contribution < 1.29 is 9.47 Å². The normalized spacial score (nSPS) is 11.2. The zero-order valence-electron chi connectivity index (χ0n) is 13.1. The molecule has 0 atom stereocenters. The highest BCUT2D eigenvalue weighted by molar-refractivity contribution is 5.93. The maximum Gasteiger partial charge on any atom is 0.134 e. The molecule has 0 spiro atoms. The molecule has 0 fully saturated rings. The maximum absolute atomic E-state index is 5.99. The van der Waals surface area contributed by atoms with Crippen LogP contribution in [0.25, 0.3) is 22.9 Å². The lowest BCUT2D eigenvalue weighted by Crippen LogP contribution is -2.05. The average molecular weight is 305 g/mol. The molecule has 1 heterocycles. The zero-order valence-corrected chi connectivity index (χ0v) is 13.1. The van der Waals surface area contributed by atoms with E-state index >= 15 is 0 Å². The largest absolute Gasteiger partial charge is 0.490 e. The number of fused-ring (bicyclic) bond motifs is 1. The summed E-state index contributed by atoms with van der Waals surface area (Å²) in [5, 5.41) is 2.28. The number of hydrogen-bond acceptors (Lipinski definition) is 3. The van der Waals surface area contributed by atoms with Crippen molar-refractivity contribution in [2.75, 3.05) is 20.3 Å². The van der Waals surface area contributed by atoms with Gasteiger partial charge in [-0.2, -0.15) is 0 Å². The molecule has 3 heteroatoms. The van der Waals surface area contributed by atoms with Gasteiger partial charge in [-0.25, -0.2) is 0 Å². The number of methoxy groups -OCH3 is 1. The second kappa shape index (κ2) is 7.56. The number of aromatic nitrogens is 1. The van der Waals surface area contributed by atoms with Gasteiger partial charge in [-0.05, 0) is 23.1 Å². The molecule has 0 aliphatic heterocycles. The topological polar surface area (TPSA) is 31.4 Å². The van der Waals surface area contributed by atoms with Gasteiger partial charge < -0.3 is 9.47 Å². The summed E-state index contributed by atoms with van der Waals surface area (Å²) >= 11 is 0. The predicted octanol–water partition coefficient (Wildman–Crippen LogP) is 4.43. The summed E-state index contributed by atoms with van der Waals surface area (Å²) in [6, 6.07) is 16.4. The van der Waals surface area contributed by atoms with E-state index in [9.17, 15) is 0 Å². The molecule has 0 amide bonds. The Hall–Kier alpha value is -2.65. The second-order valence-electron chi connectivity index (χ2n) is 5.16. The maximum atomic E-state index is 5.99. The average Bonchev–Trinajstić information content (AvgIpc) is 2.62. The molecule has 0 saturated carbocycles. The van der Waals surface area contributed by atoms with Crippen molar-refractivity contribution in [1.82, 2.24) is 4.98 Å². The molecule has 0 bridgehead atoms. The lowest BCUT2D eigenvalue weighted by atomic mass is 10.0. The van der Waals surface area contributed by atoms with Gasteiger partial charge in [0.25, 0.3) is 0 Å². The van der Waals surface area contributed by atoms with Gasteiger partial charge in [0.15, 0.2) is 0 Å². The van der Waals surface area contributed by atoms with Crippen LogP contribution in [-0.4, -0.2) is 25.3 Å². The van der Waals surface area contributed by atoms with E-state index in [1.165, 1.54) is 5.39 Å². The molecule has 0 aliphatic carbocycles. The third kappa shape index (κ3) is 3.76. The van der Waals surface area contributed by atoms with Crippen LogP contribution in [0.3, 0.4) is 0 Å². The first-order valence-corrected chi connectivity index (χ1v) is 7.60. The Bertz CT molecular complexity index is 797. The molecule has 3 rings (SSSR count). The molecule has 0 saturated heterocycles. The van der Waals surface area contributed by atoms with Crippen LogP contribution in [-0.2, 0) is 4.74 Å². The van der Waals surface area contributed by atoms with Crippen LogP contribution >= 0.6 is 0 Å². The van der Waals surface area contributed by atoms with Gasteiger partial charge in [-0.3, -0.25) is 4.98 Å². The minimum atomic E-state index is 0.528. The third-order valence-corrected chi connectivity index (χ3v) is 3.61. The van der Waals surface area contributed by atoms with Gasteiger partial charge in [-0.15, -0.1) is 0 Å². The molecule has 3 aromatic rings. The molecule has 23 heavy (non-hydrogen) atoms.